The van der Waals surface area contributed by atoms with E-state index < -0.39 is 30.4 Å². The molecule has 2 atom stereocenters. The van der Waals surface area contributed by atoms with E-state index in [-0.39, 0.29) is 12.0 Å². The predicted molar refractivity (Wildman–Crippen MR) is 116 cm³/mol. The van der Waals surface area contributed by atoms with E-state index in [9.17, 15) is 14.4 Å². The Morgan fingerprint density at radius 3 is 2.17 bits per heavy atom. The van der Waals surface area contributed by atoms with Crippen LogP contribution in [0.25, 0.3) is 0 Å². The molecule has 0 saturated heterocycles. The molecule has 0 unspecified atom stereocenters. The molecule has 0 heterocycles. The van der Waals surface area contributed by atoms with Gasteiger partial charge in [-0.25, -0.2) is 4.79 Å². The van der Waals surface area contributed by atoms with E-state index >= 15 is 0 Å². The first kappa shape index (κ1) is 23.4. The van der Waals surface area contributed by atoms with Crippen molar-refractivity contribution in [2.75, 3.05) is 6.61 Å². The van der Waals surface area contributed by atoms with Crippen LogP contribution in [0, 0.1) is 5.92 Å². The summed E-state index contributed by atoms with van der Waals surface area (Å²) in [5, 5.41) is 5.99. The van der Waals surface area contributed by atoms with E-state index in [0.29, 0.717) is 17.0 Å². The molecule has 6 nitrogen and oxygen atoms in total. The lowest BCUT2D eigenvalue weighted by Gasteiger charge is -2.20. The van der Waals surface area contributed by atoms with Gasteiger partial charge in [0.2, 0.25) is 0 Å². The lowest BCUT2D eigenvalue weighted by Crippen LogP contribution is -2.43. The van der Waals surface area contributed by atoms with Gasteiger partial charge in [-0.05, 0) is 49.1 Å². The maximum atomic E-state index is 12.5. The van der Waals surface area contributed by atoms with Crippen LogP contribution >= 0.6 is 11.6 Å². The molecular weight excluding hydrogens is 404 g/mol. The van der Waals surface area contributed by atoms with Crippen molar-refractivity contribution < 1.29 is 19.1 Å². The van der Waals surface area contributed by atoms with Crippen LogP contribution in [0.1, 0.15) is 49.2 Å². The molecule has 7 heteroatoms. The fourth-order valence-corrected chi connectivity index (χ4v) is 3.00. The number of rotatable bonds is 9. The summed E-state index contributed by atoms with van der Waals surface area (Å²) in [5.74, 6) is -1.32. The van der Waals surface area contributed by atoms with E-state index in [1.165, 1.54) is 0 Å². The highest BCUT2D eigenvalue weighted by Crippen LogP contribution is 2.13. The van der Waals surface area contributed by atoms with Crippen molar-refractivity contribution in [2.45, 2.75) is 39.3 Å². The third-order valence-electron chi connectivity index (χ3n) is 4.43. The van der Waals surface area contributed by atoms with E-state index in [1.54, 1.807) is 24.3 Å². The molecule has 0 aliphatic heterocycles. The quantitative estimate of drug-likeness (QED) is 0.591. The molecule has 2 N–H and O–H groups in total. The van der Waals surface area contributed by atoms with Crippen LogP contribution in [0.3, 0.4) is 0 Å². The second kappa shape index (κ2) is 11.4. The molecule has 2 aromatic rings. The van der Waals surface area contributed by atoms with Gasteiger partial charge in [0.1, 0.15) is 6.04 Å². The lowest BCUT2D eigenvalue weighted by atomic mass is 10.0. The number of amides is 2. The fraction of sp³-hybridized carbons (Fsp3) is 0.348. The largest absolute Gasteiger partial charge is 0.454 e. The number of carbonyl (C=O) groups is 3. The van der Waals surface area contributed by atoms with Crippen molar-refractivity contribution in [3.05, 3.63) is 70.7 Å². The molecular formula is C23H27ClN2O4. The Hall–Kier alpha value is -2.86. The van der Waals surface area contributed by atoms with E-state index in [2.05, 4.69) is 10.6 Å². The Morgan fingerprint density at radius 2 is 1.57 bits per heavy atom. The normalized spacial score (nSPS) is 12.7. The Bertz CT molecular complexity index is 853. The molecule has 2 aromatic carbocycles. The smallest absolute Gasteiger partial charge is 0.329 e. The van der Waals surface area contributed by atoms with Gasteiger partial charge in [-0.15, -0.1) is 0 Å². The van der Waals surface area contributed by atoms with Gasteiger partial charge in [0.05, 0.1) is 6.04 Å². The summed E-state index contributed by atoms with van der Waals surface area (Å²) in [4.78, 5) is 37.1. The number of nitrogens with one attached hydrogen (secondary N) is 2. The monoisotopic (exact) mass is 430 g/mol. The van der Waals surface area contributed by atoms with Crippen LogP contribution < -0.4 is 10.6 Å². The van der Waals surface area contributed by atoms with E-state index in [0.717, 1.165) is 5.56 Å². The molecule has 2 amide bonds. The summed E-state index contributed by atoms with van der Waals surface area (Å²) in [6, 6.07) is 14.8. The van der Waals surface area contributed by atoms with E-state index in [4.69, 9.17) is 16.3 Å². The molecule has 30 heavy (non-hydrogen) atoms. The molecule has 0 spiro atoms. The predicted octanol–water partition coefficient (Wildman–Crippen LogP) is 3.91. The van der Waals surface area contributed by atoms with Crippen LogP contribution in [0.5, 0.6) is 0 Å². The maximum absolute atomic E-state index is 12.5. The van der Waals surface area contributed by atoms with Gasteiger partial charge in [0, 0.05) is 10.6 Å². The van der Waals surface area contributed by atoms with Crippen molar-refractivity contribution in [1.82, 2.24) is 10.6 Å². The van der Waals surface area contributed by atoms with Gasteiger partial charge < -0.3 is 15.4 Å². The first-order valence-corrected chi connectivity index (χ1v) is 10.2. The van der Waals surface area contributed by atoms with E-state index in [1.807, 2.05) is 51.1 Å². The molecule has 160 valence electrons. The number of carbonyl (C=O) groups excluding carboxylic acids is 3. The molecule has 0 aromatic heterocycles. The summed E-state index contributed by atoms with van der Waals surface area (Å²) in [6.45, 7) is 5.30. The summed E-state index contributed by atoms with van der Waals surface area (Å²) >= 11 is 5.84. The zero-order valence-corrected chi connectivity index (χ0v) is 18.1. The third kappa shape index (κ3) is 7.52. The lowest BCUT2D eigenvalue weighted by molar-refractivity contribution is -0.150. The summed E-state index contributed by atoms with van der Waals surface area (Å²) in [7, 11) is 0. The van der Waals surface area contributed by atoms with Crippen molar-refractivity contribution >= 4 is 29.4 Å². The van der Waals surface area contributed by atoms with Gasteiger partial charge in [-0.3, -0.25) is 9.59 Å². The second-order valence-corrected chi connectivity index (χ2v) is 7.91. The number of ether oxygens (including phenoxy) is 1. The first-order valence-electron chi connectivity index (χ1n) is 9.83. The highest BCUT2D eigenvalue weighted by molar-refractivity contribution is 6.30. The van der Waals surface area contributed by atoms with Gasteiger partial charge in [0.25, 0.3) is 11.8 Å². The van der Waals surface area contributed by atoms with Gasteiger partial charge in [0.15, 0.2) is 6.61 Å². The van der Waals surface area contributed by atoms with Crippen molar-refractivity contribution in [3.8, 4) is 0 Å². The molecule has 0 aliphatic rings. The Balaban J connectivity index is 1.91. The van der Waals surface area contributed by atoms with Crippen LogP contribution in [-0.4, -0.2) is 30.4 Å². The average Bonchev–Trinajstić information content (AvgIpc) is 2.72. The molecule has 0 bridgehead atoms. The SMILES string of the molecule is CC(C)C[C@H](NC(=O)c1ccc(Cl)cc1)C(=O)OCC(=O)N[C@H](C)c1ccccc1. The molecule has 0 radical (unpaired) electrons. The van der Waals surface area contributed by atoms with Crippen molar-refractivity contribution in [3.63, 3.8) is 0 Å². The number of esters is 1. The number of hydrogen-bond acceptors (Lipinski definition) is 4. The molecule has 0 aliphatic carbocycles. The number of benzene rings is 2. The van der Waals surface area contributed by atoms with Crippen LogP contribution in [0.4, 0.5) is 0 Å². The molecule has 0 saturated carbocycles. The maximum Gasteiger partial charge on any atom is 0.329 e. The minimum atomic E-state index is -0.854. The Morgan fingerprint density at radius 1 is 0.933 bits per heavy atom. The van der Waals surface area contributed by atoms with Gasteiger partial charge in [-0.1, -0.05) is 55.8 Å². The summed E-state index contributed by atoms with van der Waals surface area (Å²) in [6.07, 6.45) is 0.389. The van der Waals surface area contributed by atoms with Crippen LogP contribution in [-0.2, 0) is 14.3 Å². The fourth-order valence-electron chi connectivity index (χ4n) is 2.87. The number of hydrogen-bond donors (Lipinski definition) is 2. The molecule has 2 rings (SSSR count). The summed E-state index contributed by atoms with van der Waals surface area (Å²) in [5.41, 5.74) is 1.33. The van der Waals surface area contributed by atoms with Crippen molar-refractivity contribution in [1.29, 1.82) is 0 Å². The van der Waals surface area contributed by atoms with Crippen LogP contribution in [0.2, 0.25) is 5.02 Å². The van der Waals surface area contributed by atoms with Gasteiger partial charge >= 0.3 is 5.97 Å². The Kier molecular flexibility index (Phi) is 8.87. The zero-order chi connectivity index (χ0) is 22.1. The highest BCUT2D eigenvalue weighted by Gasteiger charge is 2.25. The standard InChI is InChI=1S/C23H27ClN2O4/c1-15(2)13-20(26-22(28)18-9-11-19(24)12-10-18)23(29)30-14-21(27)25-16(3)17-7-5-4-6-8-17/h4-12,15-16,20H,13-14H2,1-3H3,(H,25,27)(H,26,28)/t16-,20+/m1/s1. The zero-order valence-electron chi connectivity index (χ0n) is 17.4. The average molecular weight is 431 g/mol. The third-order valence-corrected chi connectivity index (χ3v) is 4.68. The minimum Gasteiger partial charge on any atom is -0.454 e. The highest BCUT2D eigenvalue weighted by atomic mass is 35.5. The minimum absolute atomic E-state index is 0.139. The first-order chi connectivity index (χ1) is 14.3. The second-order valence-electron chi connectivity index (χ2n) is 7.47. The van der Waals surface area contributed by atoms with Crippen LogP contribution in [0.15, 0.2) is 54.6 Å². The number of halogens is 1. The summed E-state index contributed by atoms with van der Waals surface area (Å²) < 4.78 is 5.17. The topological polar surface area (TPSA) is 84.5 Å². The Labute approximate surface area is 182 Å². The van der Waals surface area contributed by atoms with Gasteiger partial charge in [-0.2, -0.15) is 0 Å². The van der Waals surface area contributed by atoms with Crippen molar-refractivity contribution in [2.24, 2.45) is 5.92 Å². The molecule has 0 fully saturated rings.